The van der Waals surface area contributed by atoms with Crippen LogP contribution in [0.3, 0.4) is 0 Å². The number of hydrogen-bond donors (Lipinski definition) is 3. The minimum Gasteiger partial charge on any atom is -0.480 e. The predicted molar refractivity (Wildman–Crippen MR) is 88.8 cm³/mol. The van der Waals surface area contributed by atoms with Gasteiger partial charge < -0.3 is 15.2 Å². The van der Waals surface area contributed by atoms with Gasteiger partial charge in [-0.1, -0.05) is 36.4 Å². The Morgan fingerprint density at radius 1 is 1.08 bits per heavy atom. The number of carbonyl (C=O) groups excluding carboxylic acids is 1. The number of rotatable bonds is 6. The number of nitrogens with zero attached hydrogens (tertiary/aromatic N) is 2. The lowest BCUT2D eigenvalue weighted by molar-refractivity contribution is -0.139. The second-order valence-electron chi connectivity index (χ2n) is 5.45. The van der Waals surface area contributed by atoms with Crippen molar-refractivity contribution in [2.75, 3.05) is 0 Å². The van der Waals surface area contributed by atoms with E-state index in [9.17, 15) is 14.7 Å². The highest BCUT2D eigenvalue weighted by atomic mass is 16.5. The topological polar surface area (TPSA) is 117 Å². The summed E-state index contributed by atoms with van der Waals surface area (Å²) in [5, 5.41) is 22.1. The summed E-state index contributed by atoms with van der Waals surface area (Å²) in [6, 6.07) is 13.3. The maximum Gasteiger partial charge on any atom is 0.408 e. The minimum absolute atomic E-state index is 0.0733. The van der Waals surface area contributed by atoms with Gasteiger partial charge in [-0.25, -0.2) is 9.59 Å². The number of amides is 1. The molecule has 1 amide bonds. The lowest BCUT2D eigenvalue weighted by Crippen LogP contribution is -2.42. The van der Waals surface area contributed by atoms with Crippen LogP contribution in [0.4, 0.5) is 4.79 Å². The monoisotopic (exact) mass is 340 g/mol. The minimum atomic E-state index is -1.14. The molecule has 0 saturated heterocycles. The zero-order chi connectivity index (χ0) is 17.6. The molecule has 1 heterocycles. The standard InChI is InChI=1S/C17H16N4O4/c22-16(23)15(9-12-6-7-13-14(8-12)20-21-19-13)18-17(24)25-10-11-4-2-1-3-5-11/h1-8,15H,9-10H2,(H,18,24)(H,22,23)(H,19,20,21)/t15-/m1/s1. The zero-order valence-corrected chi connectivity index (χ0v) is 13.2. The third kappa shape index (κ3) is 4.31. The van der Waals surface area contributed by atoms with Crippen LogP contribution in [0.2, 0.25) is 0 Å². The first-order valence-corrected chi connectivity index (χ1v) is 7.61. The van der Waals surface area contributed by atoms with Gasteiger partial charge in [-0.2, -0.15) is 15.4 Å². The molecule has 25 heavy (non-hydrogen) atoms. The largest absolute Gasteiger partial charge is 0.480 e. The summed E-state index contributed by atoms with van der Waals surface area (Å²) in [7, 11) is 0. The van der Waals surface area contributed by atoms with Crippen molar-refractivity contribution in [3.8, 4) is 0 Å². The fourth-order valence-corrected chi connectivity index (χ4v) is 2.36. The summed E-state index contributed by atoms with van der Waals surface area (Å²) in [6.07, 6.45) is -0.669. The summed E-state index contributed by atoms with van der Waals surface area (Å²) in [5.74, 6) is -1.14. The molecular weight excluding hydrogens is 324 g/mol. The highest BCUT2D eigenvalue weighted by Crippen LogP contribution is 2.12. The number of alkyl carbamates (subject to hydrolysis) is 1. The van der Waals surface area contributed by atoms with Crippen molar-refractivity contribution >= 4 is 23.1 Å². The van der Waals surface area contributed by atoms with Crippen molar-refractivity contribution in [3.63, 3.8) is 0 Å². The number of aliphatic carboxylic acids is 1. The number of H-pyrrole nitrogens is 1. The fourth-order valence-electron chi connectivity index (χ4n) is 2.36. The maximum atomic E-state index is 11.9. The summed E-state index contributed by atoms with van der Waals surface area (Å²) in [5.41, 5.74) is 2.86. The highest BCUT2D eigenvalue weighted by Gasteiger charge is 2.21. The van der Waals surface area contributed by atoms with E-state index in [0.717, 1.165) is 11.1 Å². The lowest BCUT2D eigenvalue weighted by atomic mass is 10.1. The van der Waals surface area contributed by atoms with Gasteiger partial charge in [0, 0.05) is 6.42 Å². The van der Waals surface area contributed by atoms with Crippen molar-refractivity contribution in [2.45, 2.75) is 19.1 Å². The Morgan fingerprint density at radius 3 is 2.60 bits per heavy atom. The summed E-state index contributed by atoms with van der Waals surface area (Å²) in [4.78, 5) is 23.3. The SMILES string of the molecule is O=C(N[C@H](Cc1ccc2n[nH]nc2c1)C(=O)O)OCc1ccccc1. The van der Waals surface area contributed by atoms with Crippen LogP contribution in [0, 0.1) is 0 Å². The molecule has 0 radical (unpaired) electrons. The zero-order valence-electron chi connectivity index (χ0n) is 13.2. The smallest absolute Gasteiger partial charge is 0.408 e. The molecule has 0 aliphatic rings. The van der Waals surface area contributed by atoms with Crippen molar-refractivity contribution in [2.24, 2.45) is 0 Å². The number of aromatic nitrogens is 3. The molecule has 8 heteroatoms. The molecule has 0 fully saturated rings. The van der Waals surface area contributed by atoms with E-state index in [1.807, 2.05) is 30.3 Å². The Balaban J connectivity index is 1.60. The van der Waals surface area contributed by atoms with Crippen LogP contribution in [0.1, 0.15) is 11.1 Å². The Hall–Kier alpha value is -3.42. The Bertz CT molecular complexity index is 878. The van der Waals surface area contributed by atoms with Gasteiger partial charge >= 0.3 is 12.1 Å². The molecule has 0 bridgehead atoms. The number of carboxylic acids is 1. The molecule has 0 spiro atoms. The van der Waals surface area contributed by atoms with Gasteiger partial charge in [0.25, 0.3) is 0 Å². The molecule has 3 aromatic rings. The van der Waals surface area contributed by atoms with E-state index >= 15 is 0 Å². The quantitative estimate of drug-likeness (QED) is 0.631. The number of carboxylic acid groups (broad SMARTS) is 1. The van der Waals surface area contributed by atoms with Crippen LogP contribution in [0.15, 0.2) is 48.5 Å². The molecule has 0 aliphatic carbocycles. The van der Waals surface area contributed by atoms with Crippen LogP contribution in [-0.2, 0) is 22.6 Å². The van der Waals surface area contributed by atoms with E-state index in [1.165, 1.54) is 0 Å². The predicted octanol–water partition coefficient (Wildman–Crippen LogP) is 1.88. The molecule has 3 N–H and O–H groups in total. The van der Waals surface area contributed by atoms with Gasteiger partial charge in [0.1, 0.15) is 23.7 Å². The first-order valence-electron chi connectivity index (χ1n) is 7.61. The van der Waals surface area contributed by atoms with E-state index in [-0.39, 0.29) is 13.0 Å². The van der Waals surface area contributed by atoms with E-state index in [1.54, 1.807) is 18.2 Å². The van der Waals surface area contributed by atoms with Crippen molar-refractivity contribution < 1.29 is 19.4 Å². The molecule has 0 saturated carbocycles. The Morgan fingerprint density at radius 2 is 1.84 bits per heavy atom. The average Bonchev–Trinajstić information content (AvgIpc) is 3.08. The van der Waals surface area contributed by atoms with Crippen LogP contribution < -0.4 is 5.32 Å². The summed E-state index contributed by atoms with van der Waals surface area (Å²) < 4.78 is 5.06. The molecule has 128 valence electrons. The molecule has 1 aromatic heterocycles. The van der Waals surface area contributed by atoms with Gasteiger partial charge in [0.05, 0.1) is 0 Å². The third-order valence-electron chi connectivity index (χ3n) is 3.62. The van der Waals surface area contributed by atoms with Gasteiger partial charge in [-0.15, -0.1) is 0 Å². The third-order valence-corrected chi connectivity index (χ3v) is 3.62. The molecular formula is C17H16N4O4. The first-order chi connectivity index (χ1) is 12.1. The lowest BCUT2D eigenvalue weighted by Gasteiger charge is -2.14. The van der Waals surface area contributed by atoms with Crippen molar-refractivity contribution in [1.82, 2.24) is 20.7 Å². The van der Waals surface area contributed by atoms with E-state index in [2.05, 4.69) is 20.7 Å². The molecule has 3 rings (SSSR count). The maximum absolute atomic E-state index is 11.9. The van der Waals surface area contributed by atoms with Gasteiger partial charge in [0.2, 0.25) is 0 Å². The highest BCUT2D eigenvalue weighted by molar-refractivity contribution is 5.80. The number of aromatic amines is 1. The molecule has 2 aromatic carbocycles. The average molecular weight is 340 g/mol. The molecule has 8 nitrogen and oxygen atoms in total. The normalized spacial score (nSPS) is 11.8. The van der Waals surface area contributed by atoms with Crippen LogP contribution >= 0.6 is 0 Å². The molecule has 1 atom stereocenters. The number of hydrogen-bond acceptors (Lipinski definition) is 5. The second kappa shape index (κ2) is 7.43. The Labute approximate surface area is 142 Å². The van der Waals surface area contributed by atoms with Crippen LogP contribution in [0.5, 0.6) is 0 Å². The van der Waals surface area contributed by atoms with E-state index in [0.29, 0.717) is 11.0 Å². The number of ether oxygens (including phenoxy) is 1. The van der Waals surface area contributed by atoms with Crippen LogP contribution in [0.25, 0.3) is 11.0 Å². The van der Waals surface area contributed by atoms with Crippen LogP contribution in [-0.4, -0.2) is 38.6 Å². The molecule has 0 aliphatic heterocycles. The Kier molecular flexibility index (Phi) is 4.89. The van der Waals surface area contributed by atoms with Crippen molar-refractivity contribution in [1.29, 1.82) is 0 Å². The molecule has 0 unspecified atom stereocenters. The van der Waals surface area contributed by atoms with E-state index in [4.69, 9.17) is 4.74 Å². The number of carbonyl (C=O) groups is 2. The second-order valence-corrected chi connectivity index (χ2v) is 5.45. The van der Waals surface area contributed by atoms with Crippen molar-refractivity contribution in [3.05, 3.63) is 59.7 Å². The number of nitrogens with one attached hydrogen (secondary N) is 2. The summed E-state index contributed by atoms with van der Waals surface area (Å²) >= 11 is 0. The summed E-state index contributed by atoms with van der Waals surface area (Å²) in [6.45, 7) is 0.0733. The first kappa shape index (κ1) is 16.4. The number of fused-ring (bicyclic) bond motifs is 1. The van der Waals surface area contributed by atoms with Gasteiger partial charge in [-0.05, 0) is 23.3 Å². The number of benzene rings is 2. The van der Waals surface area contributed by atoms with E-state index < -0.39 is 18.1 Å². The fraction of sp³-hybridized carbons (Fsp3) is 0.176. The van der Waals surface area contributed by atoms with Gasteiger partial charge in [0.15, 0.2) is 0 Å². The van der Waals surface area contributed by atoms with Gasteiger partial charge in [-0.3, -0.25) is 0 Å².